The molecule has 5 nitrogen and oxygen atoms in total. The molecule has 0 spiro atoms. The van der Waals surface area contributed by atoms with Gasteiger partial charge in [0.15, 0.2) is 0 Å². The van der Waals surface area contributed by atoms with E-state index in [1.807, 2.05) is 84.9 Å². The molecule has 0 saturated heterocycles. The van der Waals surface area contributed by atoms with Crippen molar-refractivity contribution in [1.82, 2.24) is 4.90 Å². The molecule has 0 fully saturated rings. The molecule has 166 valence electrons. The smallest absolute Gasteiger partial charge is 0.340 e. The van der Waals surface area contributed by atoms with Crippen molar-refractivity contribution in [2.24, 2.45) is 0 Å². The van der Waals surface area contributed by atoms with Crippen LogP contribution in [0, 0.1) is 0 Å². The van der Waals surface area contributed by atoms with Crippen LogP contribution in [0.15, 0.2) is 102 Å². The van der Waals surface area contributed by atoms with Crippen LogP contribution in [-0.2, 0) is 27.5 Å². The highest BCUT2D eigenvalue weighted by Crippen LogP contribution is 2.34. The lowest BCUT2D eigenvalue weighted by atomic mass is 10.0. The molecule has 0 aliphatic carbocycles. The quantitative estimate of drug-likeness (QED) is 0.378. The van der Waals surface area contributed by atoms with Gasteiger partial charge in [0.2, 0.25) is 0 Å². The molecular weight excluding hydrogens is 414 g/mol. The van der Waals surface area contributed by atoms with E-state index >= 15 is 0 Å². The number of esters is 1. The summed E-state index contributed by atoms with van der Waals surface area (Å²) in [6, 6.07) is 27.0. The molecule has 0 unspecified atom stereocenters. The monoisotopic (exact) mass is 439 g/mol. The van der Waals surface area contributed by atoms with Crippen molar-refractivity contribution >= 4 is 18.0 Å². The molecule has 0 saturated carbocycles. The number of amides is 1. The number of para-hydroxylation sites is 1. The largest absolute Gasteiger partial charge is 0.488 e. The number of allylic oxidation sites excluding steroid dienone is 1. The van der Waals surface area contributed by atoms with Crippen LogP contribution in [-0.4, -0.2) is 23.9 Å². The maximum atomic E-state index is 13.4. The third-order valence-electron chi connectivity index (χ3n) is 5.54. The Bertz CT molecular complexity index is 1210. The van der Waals surface area contributed by atoms with Crippen LogP contribution in [0.25, 0.3) is 6.08 Å². The summed E-state index contributed by atoms with van der Waals surface area (Å²) in [5, 5.41) is 0. The van der Waals surface area contributed by atoms with Gasteiger partial charge in [0, 0.05) is 11.3 Å². The van der Waals surface area contributed by atoms with E-state index in [-0.39, 0.29) is 11.5 Å². The zero-order chi connectivity index (χ0) is 23.2. The van der Waals surface area contributed by atoms with Crippen molar-refractivity contribution in [3.8, 4) is 5.75 Å². The standard InChI is InChI=1S/C28H25NO4/c1-20-26(28(31)32-2)24(27(30)29(20)18-21-11-5-3-6-12-21)17-23-15-9-10-16-25(23)33-19-22-13-7-4-8-14-22/h3-17H,18-19H2,1-2H3. The minimum atomic E-state index is -0.537. The maximum absolute atomic E-state index is 13.4. The minimum absolute atomic E-state index is 0.241. The van der Waals surface area contributed by atoms with Crippen LogP contribution < -0.4 is 4.74 Å². The van der Waals surface area contributed by atoms with E-state index in [2.05, 4.69) is 0 Å². The average Bonchev–Trinajstić information content (AvgIpc) is 3.08. The summed E-state index contributed by atoms with van der Waals surface area (Å²) >= 11 is 0. The third kappa shape index (κ3) is 4.88. The van der Waals surface area contributed by atoms with E-state index in [9.17, 15) is 9.59 Å². The number of ether oxygens (including phenoxy) is 2. The Labute approximate surface area is 193 Å². The predicted molar refractivity (Wildman–Crippen MR) is 127 cm³/mol. The first-order valence-electron chi connectivity index (χ1n) is 10.7. The molecule has 3 aromatic carbocycles. The summed E-state index contributed by atoms with van der Waals surface area (Å²) in [4.78, 5) is 27.7. The van der Waals surface area contributed by atoms with Crippen LogP contribution in [0.2, 0.25) is 0 Å². The Balaban J connectivity index is 1.67. The normalized spacial score (nSPS) is 14.7. The van der Waals surface area contributed by atoms with Gasteiger partial charge in [-0.1, -0.05) is 78.9 Å². The van der Waals surface area contributed by atoms with Crippen molar-refractivity contribution in [1.29, 1.82) is 0 Å². The van der Waals surface area contributed by atoms with Gasteiger partial charge in [-0.15, -0.1) is 0 Å². The van der Waals surface area contributed by atoms with Gasteiger partial charge in [-0.2, -0.15) is 0 Å². The SMILES string of the molecule is COC(=O)C1=C(C)N(Cc2ccccc2)C(=O)C1=Cc1ccccc1OCc1ccccc1. The number of carbonyl (C=O) groups is 2. The molecular formula is C28H25NO4. The number of hydrogen-bond donors (Lipinski definition) is 0. The molecule has 3 aromatic rings. The van der Waals surface area contributed by atoms with Crippen molar-refractivity contribution in [3.05, 3.63) is 118 Å². The summed E-state index contributed by atoms with van der Waals surface area (Å²) in [5.41, 5.74) is 3.87. The Hall–Kier alpha value is -4.12. The van der Waals surface area contributed by atoms with Crippen LogP contribution in [0.3, 0.4) is 0 Å². The van der Waals surface area contributed by atoms with E-state index in [0.717, 1.165) is 11.1 Å². The Morgan fingerprint density at radius 2 is 1.48 bits per heavy atom. The first kappa shape index (κ1) is 22.1. The fourth-order valence-corrected chi connectivity index (χ4v) is 3.81. The van der Waals surface area contributed by atoms with Gasteiger partial charge < -0.3 is 14.4 Å². The molecule has 33 heavy (non-hydrogen) atoms. The fourth-order valence-electron chi connectivity index (χ4n) is 3.81. The summed E-state index contributed by atoms with van der Waals surface area (Å²) in [6.07, 6.45) is 1.71. The van der Waals surface area contributed by atoms with Crippen molar-refractivity contribution in [2.45, 2.75) is 20.1 Å². The lowest BCUT2D eigenvalue weighted by Crippen LogP contribution is -2.24. The van der Waals surface area contributed by atoms with Crippen LogP contribution >= 0.6 is 0 Å². The highest BCUT2D eigenvalue weighted by molar-refractivity contribution is 6.16. The number of nitrogens with zero attached hydrogens (tertiary/aromatic N) is 1. The second kappa shape index (κ2) is 10.0. The maximum Gasteiger partial charge on any atom is 0.340 e. The van der Waals surface area contributed by atoms with Gasteiger partial charge in [-0.25, -0.2) is 4.79 Å². The number of carbonyl (C=O) groups excluding carboxylic acids is 2. The summed E-state index contributed by atoms with van der Waals surface area (Å²) in [7, 11) is 1.32. The third-order valence-corrected chi connectivity index (χ3v) is 5.54. The lowest BCUT2D eigenvalue weighted by Gasteiger charge is -2.18. The highest BCUT2D eigenvalue weighted by atomic mass is 16.5. The number of benzene rings is 3. The van der Waals surface area contributed by atoms with Crippen LogP contribution in [0.1, 0.15) is 23.6 Å². The van der Waals surface area contributed by atoms with Gasteiger partial charge in [-0.05, 0) is 30.2 Å². The van der Waals surface area contributed by atoms with Gasteiger partial charge in [0.25, 0.3) is 5.91 Å². The molecule has 5 heteroatoms. The lowest BCUT2D eigenvalue weighted by molar-refractivity contribution is -0.136. The average molecular weight is 440 g/mol. The molecule has 0 aromatic heterocycles. The number of rotatable bonds is 7. The van der Waals surface area contributed by atoms with E-state index in [4.69, 9.17) is 9.47 Å². The molecule has 0 atom stereocenters. The molecule has 1 heterocycles. The molecule has 0 radical (unpaired) electrons. The molecule has 0 N–H and O–H groups in total. The van der Waals surface area contributed by atoms with Gasteiger partial charge in [0.05, 0.1) is 24.8 Å². The van der Waals surface area contributed by atoms with Crippen LogP contribution in [0.5, 0.6) is 5.75 Å². The molecule has 1 aliphatic rings. The Kier molecular flexibility index (Phi) is 6.69. The second-order valence-electron chi connectivity index (χ2n) is 7.70. The van der Waals surface area contributed by atoms with Crippen molar-refractivity contribution in [3.63, 3.8) is 0 Å². The minimum Gasteiger partial charge on any atom is -0.488 e. The van der Waals surface area contributed by atoms with E-state index in [1.165, 1.54) is 7.11 Å². The number of methoxy groups -OCH3 is 1. The Morgan fingerprint density at radius 3 is 2.15 bits per heavy atom. The zero-order valence-corrected chi connectivity index (χ0v) is 18.7. The van der Waals surface area contributed by atoms with E-state index < -0.39 is 5.97 Å². The number of hydrogen-bond acceptors (Lipinski definition) is 4. The Morgan fingerprint density at radius 1 is 0.879 bits per heavy atom. The summed E-state index contributed by atoms with van der Waals surface area (Å²) in [6.45, 7) is 2.54. The van der Waals surface area contributed by atoms with Gasteiger partial charge in [-0.3, -0.25) is 4.79 Å². The zero-order valence-electron chi connectivity index (χ0n) is 18.7. The highest BCUT2D eigenvalue weighted by Gasteiger charge is 2.37. The summed E-state index contributed by atoms with van der Waals surface area (Å²) < 4.78 is 11.0. The second-order valence-corrected chi connectivity index (χ2v) is 7.70. The predicted octanol–water partition coefficient (Wildman–Crippen LogP) is 5.14. The fraction of sp³-hybridized carbons (Fsp3) is 0.143. The van der Waals surface area contributed by atoms with Crippen LogP contribution in [0.4, 0.5) is 0 Å². The van der Waals surface area contributed by atoms with Gasteiger partial charge in [0.1, 0.15) is 12.4 Å². The molecule has 4 rings (SSSR count). The van der Waals surface area contributed by atoms with Crippen molar-refractivity contribution < 1.29 is 19.1 Å². The van der Waals surface area contributed by atoms with E-state index in [0.29, 0.717) is 35.7 Å². The first-order chi connectivity index (χ1) is 16.1. The molecule has 0 bridgehead atoms. The van der Waals surface area contributed by atoms with Crippen molar-refractivity contribution in [2.75, 3.05) is 7.11 Å². The molecule has 1 amide bonds. The van der Waals surface area contributed by atoms with Gasteiger partial charge >= 0.3 is 5.97 Å². The summed E-state index contributed by atoms with van der Waals surface area (Å²) in [5.74, 6) is -0.148. The first-order valence-corrected chi connectivity index (χ1v) is 10.7. The topological polar surface area (TPSA) is 55.8 Å². The molecule has 1 aliphatic heterocycles. The van der Waals surface area contributed by atoms with E-state index in [1.54, 1.807) is 17.9 Å².